The van der Waals surface area contributed by atoms with E-state index >= 15 is 0 Å². The fraction of sp³-hybridized carbons (Fsp3) is 0.205. The van der Waals surface area contributed by atoms with Crippen LogP contribution in [0.3, 0.4) is 0 Å². The standard InChI is InChI=1S/C39H37ClN6O5/c1-5-11-33(47)46(50)32-15-10-9-14-29(32)44-38(48)34-23(3)42-37(36(39(49)51-6-2)35(34)27-12-7-8-13-28(27)40)25-16-18-26(19-17-25)45-24(4)43-30-22-41-21-20-31(30)45/h7-10,12-22,35,42,50H,5-6,11H2,1-4H3,(H,44,48). The molecule has 51 heavy (non-hydrogen) atoms. The number of amides is 2. The van der Waals surface area contributed by atoms with E-state index in [9.17, 15) is 19.6 Å². The minimum Gasteiger partial charge on any atom is -0.463 e. The molecular weight excluding hydrogens is 668 g/mol. The Morgan fingerprint density at radius 2 is 1.71 bits per heavy atom. The number of rotatable bonds is 10. The number of halogens is 1. The van der Waals surface area contributed by atoms with Crippen molar-refractivity contribution in [1.29, 1.82) is 0 Å². The molecule has 0 fully saturated rings. The number of allylic oxidation sites excluding steroid dienone is 1. The van der Waals surface area contributed by atoms with Crippen molar-refractivity contribution in [3.8, 4) is 5.69 Å². The molecule has 1 atom stereocenters. The number of esters is 1. The number of dihydropyridines is 1. The van der Waals surface area contributed by atoms with E-state index in [2.05, 4.69) is 20.6 Å². The van der Waals surface area contributed by atoms with E-state index in [4.69, 9.17) is 16.3 Å². The fourth-order valence-corrected chi connectivity index (χ4v) is 6.61. The van der Waals surface area contributed by atoms with Gasteiger partial charge in [-0.15, -0.1) is 0 Å². The summed E-state index contributed by atoms with van der Waals surface area (Å²) in [6, 6.07) is 23.0. The van der Waals surface area contributed by atoms with Gasteiger partial charge in [-0.1, -0.05) is 61.0 Å². The molecule has 1 unspecified atom stereocenters. The molecule has 6 rings (SSSR count). The maximum Gasteiger partial charge on any atom is 0.337 e. The molecule has 0 bridgehead atoms. The van der Waals surface area contributed by atoms with E-state index in [-0.39, 0.29) is 35.5 Å². The summed E-state index contributed by atoms with van der Waals surface area (Å²) < 4.78 is 7.65. The van der Waals surface area contributed by atoms with E-state index in [1.54, 1.807) is 68.7 Å². The number of hydrogen-bond donors (Lipinski definition) is 3. The summed E-state index contributed by atoms with van der Waals surface area (Å²) in [6.45, 7) is 7.32. The van der Waals surface area contributed by atoms with Crippen LogP contribution < -0.4 is 15.7 Å². The molecule has 260 valence electrons. The maximum absolute atomic E-state index is 14.4. The van der Waals surface area contributed by atoms with Gasteiger partial charge >= 0.3 is 5.97 Å². The van der Waals surface area contributed by atoms with Crippen LogP contribution in [0.15, 0.2) is 108 Å². The van der Waals surface area contributed by atoms with Gasteiger partial charge in [0.05, 0.1) is 46.9 Å². The number of aryl methyl sites for hydroxylation is 1. The van der Waals surface area contributed by atoms with Crippen molar-refractivity contribution in [3.05, 3.63) is 130 Å². The van der Waals surface area contributed by atoms with Gasteiger partial charge in [0, 0.05) is 34.6 Å². The highest BCUT2D eigenvalue weighted by Gasteiger charge is 2.40. The van der Waals surface area contributed by atoms with Gasteiger partial charge in [0.2, 0.25) is 0 Å². The van der Waals surface area contributed by atoms with Crippen molar-refractivity contribution in [3.63, 3.8) is 0 Å². The van der Waals surface area contributed by atoms with E-state index in [1.807, 2.05) is 48.7 Å². The normalized spacial score (nSPS) is 14.4. The lowest BCUT2D eigenvalue weighted by Gasteiger charge is -2.33. The molecule has 2 aromatic heterocycles. The van der Waals surface area contributed by atoms with E-state index in [0.29, 0.717) is 39.0 Å². The number of carbonyl (C=O) groups is 3. The molecule has 12 heteroatoms. The first-order valence-electron chi connectivity index (χ1n) is 16.6. The summed E-state index contributed by atoms with van der Waals surface area (Å²) in [5, 5.41) is 17.8. The van der Waals surface area contributed by atoms with Crippen molar-refractivity contribution < 1.29 is 24.3 Å². The Hall–Kier alpha value is -5.78. The minimum atomic E-state index is -0.958. The number of hydroxylamine groups is 1. The topological polar surface area (TPSA) is 139 Å². The number of aromatic nitrogens is 3. The van der Waals surface area contributed by atoms with E-state index < -0.39 is 23.7 Å². The van der Waals surface area contributed by atoms with Crippen molar-refractivity contribution in [2.75, 3.05) is 17.0 Å². The molecule has 11 nitrogen and oxygen atoms in total. The zero-order valence-corrected chi connectivity index (χ0v) is 29.4. The summed E-state index contributed by atoms with van der Waals surface area (Å²) >= 11 is 6.81. The molecule has 5 aromatic rings. The van der Waals surface area contributed by atoms with Gasteiger partial charge in [-0.2, -0.15) is 5.06 Å². The van der Waals surface area contributed by atoms with Gasteiger partial charge < -0.3 is 15.4 Å². The molecule has 3 N–H and O–H groups in total. The van der Waals surface area contributed by atoms with Crippen LogP contribution in [0.25, 0.3) is 22.4 Å². The Balaban J connectivity index is 1.46. The number of fused-ring (bicyclic) bond motifs is 1. The molecule has 3 aromatic carbocycles. The highest BCUT2D eigenvalue weighted by atomic mass is 35.5. The number of hydrogen-bond acceptors (Lipinski definition) is 8. The molecule has 0 saturated carbocycles. The van der Waals surface area contributed by atoms with Gasteiger partial charge in [-0.25, -0.2) is 9.78 Å². The Kier molecular flexibility index (Phi) is 10.3. The number of ether oxygens (including phenoxy) is 1. The largest absolute Gasteiger partial charge is 0.463 e. The lowest BCUT2D eigenvalue weighted by molar-refractivity contribution is -0.138. The van der Waals surface area contributed by atoms with Gasteiger partial charge in [-0.05, 0) is 74.7 Å². The molecule has 0 spiro atoms. The first-order chi connectivity index (χ1) is 24.6. The lowest BCUT2D eigenvalue weighted by Crippen LogP contribution is -2.34. The first kappa shape index (κ1) is 35.1. The van der Waals surface area contributed by atoms with Crippen molar-refractivity contribution in [2.24, 2.45) is 0 Å². The molecule has 0 aliphatic carbocycles. The van der Waals surface area contributed by atoms with Crippen molar-refractivity contribution >= 4 is 57.5 Å². The van der Waals surface area contributed by atoms with Crippen LogP contribution in [0.5, 0.6) is 0 Å². The highest BCUT2D eigenvalue weighted by molar-refractivity contribution is 6.31. The number of anilines is 2. The van der Waals surface area contributed by atoms with E-state index in [0.717, 1.165) is 22.5 Å². The predicted octanol–water partition coefficient (Wildman–Crippen LogP) is 7.48. The Morgan fingerprint density at radius 1 is 0.980 bits per heavy atom. The molecule has 0 saturated heterocycles. The van der Waals surface area contributed by atoms with Crippen molar-refractivity contribution in [1.82, 2.24) is 19.9 Å². The maximum atomic E-state index is 14.4. The zero-order valence-electron chi connectivity index (χ0n) is 28.6. The quantitative estimate of drug-likeness (QED) is 0.0773. The van der Waals surface area contributed by atoms with Crippen LogP contribution in [0.1, 0.15) is 56.5 Å². The second-order valence-corrected chi connectivity index (χ2v) is 12.4. The van der Waals surface area contributed by atoms with Gasteiger partial charge in [-0.3, -0.25) is 24.3 Å². The van der Waals surface area contributed by atoms with Crippen LogP contribution in [0.2, 0.25) is 5.02 Å². The summed E-state index contributed by atoms with van der Waals surface area (Å²) in [6.07, 6.45) is 4.10. The number of nitrogens with zero attached hydrogens (tertiary/aromatic N) is 4. The first-order valence-corrected chi connectivity index (χ1v) is 17.0. The van der Waals surface area contributed by atoms with Crippen LogP contribution in [-0.2, 0) is 19.1 Å². The lowest BCUT2D eigenvalue weighted by atomic mass is 9.78. The number of pyridine rings is 1. The SMILES string of the molecule is CCCC(=O)N(O)c1ccccc1NC(=O)C1=C(C)NC(c2ccc(-n3c(C)nc4cnccc43)cc2)=C(C(=O)OCC)C1c1ccccc1Cl. The van der Waals surface area contributed by atoms with Gasteiger partial charge in [0.15, 0.2) is 0 Å². The predicted molar refractivity (Wildman–Crippen MR) is 196 cm³/mol. The fourth-order valence-electron chi connectivity index (χ4n) is 6.37. The minimum absolute atomic E-state index is 0.0986. The molecular formula is C39H37ClN6O5. The molecule has 1 aliphatic rings. The average Bonchev–Trinajstić information content (AvgIpc) is 3.47. The summed E-state index contributed by atoms with van der Waals surface area (Å²) in [5.74, 6) is -1.87. The number of imidazole rings is 1. The second-order valence-electron chi connectivity index (χ2n) is 12.0. The van der Waals surface area contributed by atoms with Gasteiger partial charge in [0.25, 0.3) is 11.8 Å². The van der Waals surface area contributed by atoms with Crippen LogP contribution in [-0.4, -0.2) is 44.1 Å². The second kappa shape index (κ2) is 15.0. The van der Waals surface area contributed by atoms with Crippen molar-refractivity contribution in [2.45, 2.75) is 46.5 Å². The number of para-hydroxylation sites is 2. The Morgan fingerprint density at radius 3 is 2.43 bits per heavy atom. The number of nitrogens with one attached hydrogen (secondary N) is 2. The van der Waals surface area contributed by atoms with E-state index in [1.165, 1.54) is 6.07 Å². The molecule has 0 radical (unpaired) electrons. The van der Waals surface area contributed by atoms with Crippen LogP contribution in [0, 0.1) is 6.92 Å². The highest BCUT2D eigenvalue weighted by Crippen LogP contribution is 2.44. The summed E-state index contributed by atoms with van der Waals surface area (Å²) in [7, 11) is 0. The molecule has 2 amide bonds. The molecule has 3 heterocycles. The summed E-state index contributed by atoms with van der Waals surface area (Å²) in [4.78, 5) is 49.8. The van der Waals surface area contributed by atoms with Crippen LogP contribution in [0.4, 0.5) is 11.4 Å². The summed E-state index contributed by atoms with van der Waals surface area (Å²) in [5.41, 5.74) is 5.39. The zero-order chi connectivity index (χ0) is 36.2. The molecule has 1 aliphatic heterocycles. The van der Waals surface area contributed by atoms with Gasteiger partial charge in [0.1, 0.15) is 11.3 Å². The third kappa shape index (κ3) is 6.86. The van der Waals surface area contributed by atoms with Crippen LogP contribution >= 0.6 is 11.6 Å². The third-order valence-corrected chi connectivity index (χ3v) is 8.98. The number of benzene rings is 3. The monoisotopic (exact) mass is 704 g/mol. The Labute approximate surface area is 300 Å². The Bertz CT molecular complexity index is 2210. The smallest absolute Gasteiger partial charge is 0.337 e. The number of carbonyl (C=O) groups excluding carboxylic acids is 3. The third-order valence-electron chi connectivity index (χ3n) is 8.64. The average molecular weight is 705 g/mol.